The molecule has 1 N–H and O–H groups in total. The van der Waals surface area contributed by atoms with Gasteiger partial charge in [-0.25, -0.2) is 14.5 Å². The molecule has 0 unspecified atom stereocenters. The van der Waals surface area contributed by atoms with Crippen molar-refractivity contribution in [2.24, 2.45) is 5.92 Å². The van der Waals surface area contributed by atoms with Crippen LogP contribution in [-0.2, 0) is 17.4 Å². The van der Waals surface area contributed by atoms with E-state index in [-0.39, 0.29) is 29.6 Å². The van der Waals surface area contributed by atoms with Crippen LogP contribution in [0.5, 0.6) is 0 Å². The second-order valence-corrected chi connectivity index (χ2v) is 5.64. The Hall–Kier alpha value is -2.38. The third-order valence-corrected chi connectivity index (χ3v) is 3.16. The summed E-state index contributed by atoms with van der Waals surface area (Å²) in [5, 5.41) is 5.93. The Balaban J connectivity index is 2.39. The largest absolute Gasteiger partial charge is 0.416 e. The number of Topliss-reactive ketones (excluding diaryl/α,β-unsaturated/α-hetero) is 1. The SMILES string of the molecule is CC(C)CC(=O)Cc1n[nH]c(=O)n1-c1cccc(C(F)(F)F)c1. The van der Waals surface area contributed by atoms with Crippen molar-refractivity contribution < 1.29 is 18.0 Å². The second-order valence-electron chi connectivity index (χ2n) is 5.64. The summed E-state index contributed by atoms with van der Waals surface area (Å²) in [6.07, 6.45) is -4.33. The van der Waals surface area contributed by atoms with Gasteiger partial charge in [-0.2, -0.15) is 18.3 Å². The van der Waals surface area contributed by atoms with Gasteiger partial charge in [-0.05, 0) is 24.1 Å². The molecule has 2 aromatic rings. The lowest BCUT2D eigenvalue weighted by molar-refractivity contribution is -0.137. The summed E-state index contributed by atoms with van der Waals surface area (Å²) in [6.45, 7) is 3.75. The summed E-state index contributed by atoms with van der Waals surface area (Å²) >= 11 is 0. The summed E-state index contributed by atoms with van der Waals surface area (Å²) < 4.78 is 39.4. The molecule has 0 amide bonds. The quantitative estimate of drug-likeness (QED) is 0.918. The van der Waals surface area contributed by atoms with E-state index in [9.17, 15) is 22.8 Å². The molecule has 124 valence electrons. The zero-order valence-corrected chi connectivity index (χ0v) is 12.6. The van der Waals surface area contributed by atoms with Crippen LogP contribution in [-0.4, -0.2) is 20.5 Å². The topological polar surface area (TPSA) is 67.8 Å². The third-order valence-electron chi connectivity index (χ3n) is 3.16. The van der Waals surface area contributed by atoms with Crippen LogP contribution in [0.1, 0.15) is 31.7 Å². The number of H-pyrrole nitrogens is 1. The molecule has 0 saturated carbocycles. The maximum Gasteiger partial charge on any atom is 0.416 e. The second kappa shape index (κ2) is 6.39. The zero-order chi connectivity index (χ0) is 17.2. The van der Waals surface area contributed by atoms with Crippen LogP contribution in [0.3, 0.4) is 0 Å². The summed E-state index contributed by atoms with van der Waals surface area (Å²) in [6, 6.07) is 4.34. The van der Waals surface area contributed by atoms with Gasteiger partial charge in [0.25, 0.3) is 0 Å². The van der Waals surface area contributed by atoms with Gasteiger partial charge in [0, 0.05) is 6.42 Å². The molecule has 2 rings (SSSR count). The number of hydrogen-bond acceptors (Lipinski definition) is 3. The van der Waals surface area contributed by atoms with Gasteiger partial charge >= 0.3 is 11.9 Å². The van der Waals surface area contributed by atoms with Gasteiger partial charge in [0.05, 0.1) is 17.7 Å². The first-order valence-corrected chi connectivity index (χ1v) is 7.04. The van der Waals surface area contributed by atoms with Crippen LogP contribution >= 0.6 is 0 Å². The van der Waals surface area contributed by atoms with Crippen LogP contribution in [0.4, 0.5) is 13.2 Å². The van der Waals surface area contributed by atoms with Crippen molar-refractivity contribution in [1.29, 1.82) is 0 Å². The summed E-state index contributed by atoms with van der Waals surface area (Å²) in [5.74, 6) is 0.113. The smallest absolute Gasteiger partial charge is 0.299 e. The van der Waals surface area contributed by atoms with E-state index < -0.39 is 17.4 Å². The Labute approximate surface area is 130 Å². The van der Waals surface area contributed by atoms with Crippen molar-refractivity contribution in [2.75, 3.05) is 0 Å². The number of aromatic nitrogens is 3. The van der Waals surface area contributed by atoms with Gasteiger partial charge in [0.2, 0.25) is 0 Å². The molecule has 0 atom stereocenters. The molecule has 0 aliphatic heterocycles. The van der Waals surface area contributed by atoms with E-state index in [4.69, 9.17) is 0 Å². The lowest BCUT2D eigenvalue weighted by Crippen LogP contribution is -2.19. The van der Waals surface area contributed by atoms with Crippen molar-refractivity contribution in [3.8, 4) is 5.69 Å². The average Bonchev–Trinajstić information content (AvgIpc) is 2.78. The van der Waals surface area contributed by atoms with Gasteiger partial charge in [-0.1, -0.05) is 19.9 Å². The average molecular weight is 327 g/mol. The zero-order valence-electron chi connectivity index (χ0n) is 12.6. The standard InChI is InChI=1S/C15H16F3N3O2/c1-9(2)6-12(22)8-13-19-20-14(23)21(13)11-5-3-4-10(7-11)15(16,17)18/h3-5,7,9H,6,8H2,1-2H3,(H,20,23). The van der Waals surface area contributed by atoms with Crippen molar-refractivity contribution in [3.05, 3.63) is 46.1 Å². The predicted molar refractivity (Wildman–Crippen MR) is 77.4 cm³/mol. The minimum Gasteiger partial charge on any atom is -0.299 e. The Morgan fingerprint density at radius 1 is 1.35 bits per heavy atom. The van der Waals surface area contributed by atoms with Crippen molar-refractivity contribution in [3.63, 3.8) is 0 Å². The fourth-order valence-corrected chi connectivity index (χ4v) is 2.24. The van der Waals surface area contributed by atoms with E-state index >= 15 is 0 Å². The number of rotatable bonds is 5. The minimum atomic E-state index is -4.52. The van der Waals surface area contributed by atoms with Crippen LogP contribution in [0.15, 0.2) is 29.1 Å². The number of alkyl halides is 3. The Morgan fingerprint density at radius 2 is 2.04 bits per heavy atom. The van der Waals surface area contributed by atoms with E-state index in [1.165, 1.54) is 12.1 Å². The molecule has 0 aliphatic rings. The number of carbonyl (C=O) groups is 1. The number of aromatic amines is 1. The predicted octanol–water partition coefficient (Wildman–Crippen LogP) is 2.74. The lowest BCUT2D eigenvalue weighted by atomic mass is 10.1. The number of nitrogens with zero attached hydrogens (tertiary/aromatic N) is 2. The molecule has 1 heterocycles. The van der Waals surface area contributed by atoms with E-state index in [0.29, 0.717) is 6.42 Å². The lowest BCUT2D eigenvalue weighted by Gasteiger charge is -2.10. The highest BCUT2D eigenvalue weighted by Crippen LogP contribution is 2.30. The van der Waals surface area contributed by atoms with E-state index in [0.717, 1.165) is 16.7 Å². The molecule has 5 nitrogen and oxygen atoms in total. The number of hydrogen-bond donors (Lipinski definition) is 1. The molecule has 0 saturated heterocycles. The molecular weight excluding hydrogens is 311 g/mol. The molecule has 1 aromatic carbocycles. The fourth-order valence-electron chi connectivity index (χ4n) is 2.24. The number of nitrogens with one attached hydrogen (secondary N) is 1. The number of halogens is 3. The maximum atomic E-state index is 12.8. The molecule has 0 aliphatic carbocycles. The number of carbonyl (C=O) groups excluding carboxylic acids is 1. The first-order valence-electron chi connectivity index (χ1n) is 7.04. The molecule has 0 bridgehead atoms. The summed E-state index contributed by atoms with van der Waals surface area (Å²) in [5.41, 5.74) is -1.54. The van der Waals surface area contributed by atoms with E-state index in [2.05, 4.69) is 10.2 Å². The van der Waals surface area contributed by atoms with Gasteiger partial charge < -0.3 is 0 Å². The van der Waals surface area contributed by atoms with Crippen LogP contribution in [0.25, 0.3) is 5.69 Å². The molecule has 1 aromatic heterocycles. The van der Waals surface area contributed by atoms with Gasteiger partial charge in [0.15, 0.2) is 0 Å². The highest BCUT2D eigenvalue weighted by molar-refractivity contribution is 5.80. The van der Waals surface area contributed by atoms with E-state index in [1.807, 2.05) is 13.8 Å². The van der Waals surface area contributed by atoms with E-state index in [1.54, 1.807) is 0 Å². The van der Waals surface area contributed by atoms with Crippen LogP contribution in [0, 0.1) is 5.92 Å². The first kappa shape index (κ1) is 17.0. The van der Waals surface area contributed by atoms with Gasteiger partial charge in [0.1, 0.15) is 11.6 Å². The monoisotopic (exact) mass is 327 g/mol. The molecule has 0 fully saturated rings. The molecule has 23 heavy (non-hydrogen) atoms. The minimum absolute atomic E-state index is 0.0194. The maximum absolute atomic E-state index is 12.8. The summed E-state index contributed by atoms with van der Waals surface area (Å²) in [4.78, 5) is 23.8. The summed E-state index contributed by atoms with van der Waals surface area (Å²) in [7, 11) is 0. The molecule has 0 spiro atoms. The molecule has 0 radical (unpaired) electrons. The molecule has 8 heteroatoms. The third kappa shape index (κ3) is 4.08. The fraction of sp³-hybridized carbons (Fsp3) is 0.400. The molecular formula is C15H16F3N3O2. The highest BCUT2D eigenvalue weighted by Gasteiger charge is 2.30. The van der Waals surface area contributed by atoms with Crippen molar-refractivity contribution in [2.45, 2.75) is 32.9 Å². The Bertz CT molecular complexity index is 760. The van der Waals surface area contributed by atoms with Gasteiger partial charge in [-0.15, -0.1) is 0 Å². The van der Waals surface area contributed by atoms with Crippen molar-refractivity contribution >= 4 is 5.78 Å². The van der Waals surface area contributed by atoms with Crippen LogP contribution in [0.2, 0.25) is 0 Å². The van der Waals surface area contributed by atoms with Crippen molar-refractivity contribution in [1.82, 2.24) is 14.8 Å². The van der Waals surface area contributed by atoms with Crippen LogP contribution < -0.4 is 5.69 Å². The Kier molecular flexibility index (Phi) is 4.72. The number of ketones is 1. The normalized spacial score (nSPS) is 11.9. The van der Waals surface area contributed by atoms with Gasteiger partial charge in [-0.3, -0.25) is 4.79 Å². The number of benzene rings is 1. The highest BCUT2D eigenvalue weighted by atomic mass is 19.4. The first-order chi connectivity index (χ1) is 10.7. The Morgan fingerprint density at radius 3 is 2.65 bits per heavy atom.